The van der Waals surface area contributed by atoms with E-state index in [1.54, 1.807) is 23.0 Å². The molecule has 9 nitrogen and oxygen atoms in total. The Kier molecular flexibility index (Phi) is 8.98. The number of carbonyl (C=O) groups excluding carboxylic acids is 2. The summed E-state index contributed by atoms with van der Waals surface area (Å²) in [7, 11) is 1.80. The molecule has 36 heavy (non-hydrogen) atoms. The van der Waals surface area contributed by atoms with Crippen molar-refractivity contribution in [3.8, 4) is 5.88 Å². The summed E-state index contributed by atoms with van der Waals surface area (Å²) in [5, 5.41) is 9.88. The van der Waals surface area contributed by atoms with E-state index in [9.17, 15) is 14.7 Å². The first-order valence-corrected chi connectivity index (χ1v) is 13.2. The molecule has 1 saturated heterocycles. The Labute approximate surface area is 214 Å². The van der Waals surface area contributed by atoms with E-state index in [0.717, 1.165) is 37.9 Å². The van der Waals surface area contributed by atoms with Crippen LogP contribution in [0.2, 0.25) is 0 Å². The van der Waals surface area contributed by atoms with E-state index in [2.05, 4.69) is 16.0 Å². The van der Waals surface area contributed by atoms with Crippen LogP contribution < -0.4 is 4.74 Å². The van der Waals surface area contributed by atoms with E-state index in [4.69, 9.17) is 9.47 Å². The third kappa shape index (κ3) is 6.25. The number of hydrogen-bond acceptors (Lipinski definition) is 7. The van der Waals surface area contributed by atoms with Crippen LogP contribution in [-0.2, 0) is 9.53 Å². The van der Waals surface area contributed by atoms with Crippen molar-refractivity contribution in [1.82, 2.24) is 19.7 Å². The molecule has 0 bridgehead atoms. The van der Waals surface area contributed by atoms with Crippen LogP contribution in [0.1, 0.15) is 55.5 Å². The second-order valence-electron chi connectivity index (χ2n) is 10.3. The zero-order valence-corrected chi connectivity index (χ0v) is 21.8. The van der Waals surface area contributed by atoms with Crippen molar-refractivity contribution in [2.45, 2.75) is 51.7 Å². The number of allylic oxidation sites excluding steroid dienone is 2. The minimum Gasteiger partial charge on any atom is -0.472 e. The molecule has 1 aromatic rings. The zero-order valence-electron chi connectivity index (χ0n) is 21.8. The van der Waals surface area contributed by atoms with Gasteiger partial charge in [0, 0.05) is 38.8 Å². The van der Waals surface area contributed by atoms with E-state index < -0.39 is 0 Å². The summed E-state index contributed by atoms with van der Waals surface area (Å²) >= 11 is 0. The molecule has 0 aromatic carbocycles. The molecule has 1 aromatic heterocycles. The number of fused-ring (bicyclic) bond motifs is 1. The summed E-state index contributed by atoms with van der Waals surface area (Å²) in [6, 6.07) is 1.55. The number of nitrogens with zero attached hydrogens (tertiary/aromatic N) is 4. The highest BCUT2D eigenvalue weighted by Crippen LogP contribution is 2.32. The average Bonchev–Trinajstić information content (AvgIpc) is 2.91. The summed E-state index contributed by atoms with van der Waals surface area (Å²) < 4.78 is 11.7. The van der Waals surface area contributed by atoms with Crippen LogP contribution in [-0.4, -0.2) is 108 Å². The number of rotatable bonds is 7. The second kappa shape index (κ2) is 12.2. The number of amides is 2. The first-order chi connectivity index (χ1) is 17.4. The quantitative estimate of drug-likeness (QED) is 0.612. The van der Waals surface area contributed by atoms with Gasteiger partial charge < -0.3 is 24.4 Å². The Bertz CT molecular complexity index is 961. The molecule has 3 heterocycles. The first kappa shape index (κ1) is 26.6. The van der Waals surface area contributed by atoms with Crippen molar-refractivity contribution < 1.29 is 24.2 Å². The molecular weight excluding hydrogens is 460 g/mol. The summed E-state index contributed by atoms with van der Waals surface area (Å²) in [6.45, 7) is 7.68. The molecule has 0 unspecified atom stereocenters. The van der Waals surface area contributed by atoms with Crippen molar-refractivity contribution in [2.75, 3.05) is 59.6 Å². The van der Waals surface area contributed by atoms with Gasteiger partial charge in [0.1, 0.15) is 11.7 Å². The average molecular weight is 501 g/mol. The van der Waals surface area contributed by atoms with Gasteiger partial charge in [-0.1, -0.05) is 13.0 Å². The fourth-order valence-electron chi connectivity index (χ4n) is 5.04. The molecule has 1 N–H and O–H groups in total. The molecule has 3 atom stereocenters. The van der Waals surface area contributed by atoms with Gasteiger partial charge in [-0.15, -0.1) is 0 Å². The molecule has 0 radical (unpaired) electrons. The van der Waals surface area contributed by atoms with Crippen LogP contribution >= 0.6 is 0 Å². The Morgan fingerprint density at radius 3 is 2.78 bits per heavy atom. The maximum Gasteiger partial charge on any atom is 0.259 e. The van der Waals surface area contributed by atoms with Crippen LogP contribution in [0, 0.1) is 5.92 Å². The highest BCUT2D eigenvalue weighted by molar-refractivity contribution is 5.97. The number of aliphatic hydroxyl groups excluding tert-OH is 1. The lowest BCUT2D eigenvalue weighted by molar-refractivity contribution is -0.133. The van der Waals surface area contributed by atoms with Crippen LogP contribution in [0.15, 0.2) is 18.3 Å². The Morgan fingerprint density at radius 1 is 1.31 bits per heavy atom. The standard InChI is InChI=1S/C27H40N4O5/c1-19-15-31(20(2)18-32)27(34)23-13-22(21-7-5-4-6-8-21)14-28-26(23)36-24(19)16-29(3)25(33)17-30-9-11-35-12-10-30/h7,13-14,19-20,24,32H,4-6,8-12,15-18H2,1-3H3/t19-,20+,24-/m0/s1. The molecule has 2 amide bonds. The van der Waals surface area contributed by atoms with Gasteiger partial charge in [0.25, 0.3) is 5.91 Å². The molecule has 3 aliphatic rings. The summed E-state index contributed by atoms with van der Waals surface area (Å²) in [5.41, 5.74) is 2.58. The highest BCUT2D eigenvalue weighted by Gasteiger charge is 2.35. The Morgan fingerprint density at radius 2 is 2.08 bits per heavy atom. The van der Waals surface area contributed by atoms with E-state index in [1.807, 2.05) is 19.9 Å². The molecule has 4 rings (SSSR count). The van der Waals surface area contributed by atoms with Gasteiger partial charge in [-0.3, -0.25) is 14.5 Å². The van der Waals surface area contributed by atoms with E-state index >= 15 is 0 Å². The smallest absolute Gasteiger partial charge is 0.259 e. The van der Waals surface area contributed by atoms with Crippen molar-refractivity contribution in [3.63, 3.8) is 0 Å². The molecular formula is C27H40N4O5. The lowest BCUT2D eigenvalue weighted by atomic mass is 9.93. The Hall–Kier alpha value is -2.49. The monoisotopic (exact) mass is 500 g/mol. The van der Waals surface area contributed by atoms with Crippen molar-refractivity contribution in [1.29, 1.82) is 0 Å². The fourth-order valence-corrected chi connectivity index (χ4v) is 5.04. The van der Waals surface area contributed by atoms with Gasteiger partial charge in [-0.05, 0) is 49.8 Å². The predicted octanol–water partition coefficient (Wildman–Crippen LogP) is 2.05. The van der Waals surface area contributed by atoms with Crippen molar-refractivity contribution >= 4 is 17.4 Å². The number of carbonyl (C=O) groups is 2. The van der Waals surface area contributed by atoms with Crippen molar-refractivity contribution in [2.24, 2.45) is 5.92 Å². The normalized spacial score (nSPS) is 24.2. The second-order valence-corrected chi connectivity index (χ2v) is 10.3. The van der Waals surface area contributed by atoms with Crippen LogP contribution in [0.3, 0.4) is 0 Å². The molecule has 1 aliphatic carbocycles. The summed E-state index contributed by atoms with van der Waals surface area (Å²) in [5.74, 6) is 0.0664. The minimum atomic E-state index is -0.351. The number of morpholine rings is 1. The summed E-state index contributed by atoms with van der Waals surface area (Å²) in [6.07, 6.45) is 8.00. The number of hydrogen-bond donors (Lipinski definition) is 1. The maximum atomic E-state index is 13.6. The Balaban J connectivity index is 1.57. The zero-order chi connectivity index (χ0) is 25.7. The molecule has 0 saturated carbocycles. The van der Waals surface area contributed by atoms with Gasteiger partial charge in [0.05, 0.1) is 39.0 Å². The molecule has 9 heteroatoms. The summed E-state index contributed by atoms with van der Waals surface area (Å²) in [4.78, 5) is 36.7. The minimum absolute atomic E-state index is 0.0270. The van der Waals surface area contributed by atoms with E-state index in [-0.39, 0.29) is 36.5 Å². The van der Waals surface area contributed by atoms with Crippen LogP contribution in [0.25, 0.3) is 5.57 Å². The number of ether oxygens (including phenoxy) is 2. The SMILES string of the molecule is C[C@H](CO)N1C[C@H](C)[C@H](CN(C)C(=O)CN2CCOCC2)Oc2ncc(C3=CCCCC3)cc2C1=O. The highest BCUT2D eigenvalue weighted by atomic mass is 16.5. The topological polar surface area (TPSA) is 95.4 Å². The number of pyridine rings is 1. The number of likely N-dealkylation sites (N-methyl/N-ethyl adjacent to an activating group) is 1. The van der Waals surface area contributed by atoms with Gasteiger partial charge in [0.15, 0.2) is 0 Å². The van der Waals surface area contributed by atoms with Gasteiger partial charge >= 0.3 is 0 Å². The molecule has 1 fully saturated rings. The third-order valence-corrected chi connectivity index (χ3v) is 7.52. The lowest BCUT2D eigenvalue weighted by Gasteiger charge is -2.38. The van der Waals surface area contributed by atoms with Gasteiger partial charge in [-0.25, -0.2) is 4.98 Å². The maximum absolute atomic E-state index is 13.6. The van der Waals surface area contributed by atoms with E-state index in [0.29, 0.717) is 44.3 Å². The predicted molar refractivity (Wildman–Crippen MR) is 137 cm³/mol. The molecule has 0 spiro atoms. The van der Waals surface area contributed by atoms with Gasteiger partial charge in [-0.2, -0.15) is 0 Å². The largest absolute Gasteiger partial charge is 0.472 e. The molecule has 2 aliphatic heterocycles. The number of aromatic nitrogens is 1. The fraction of sp³-hybridized carbons (Fsp3) is 0.667. The third-order valence-electron chi connectivity index (χ3n) is 7.52. The van der Waals surface area contributed by atoms with Gasteiger partial charge in [0.2, 0.25) is 11.8 Å². The van der Waals surface area contributed by atoms with E-state index in [1.165, 1.54) is 12.0 Å². The van der Waals surface area contributed by atoms with Crippen molar-refractivity contribution in [3.05, 3.63) is 29.5 Å². The number of aliphatic hydroxyl groups is 1. The lowest BCUT2D eigenvalue weighted by Crippen LogP contribution is -2.51. The molecule has 198 valence electrons. The van der Waals surface area contributed by atoms with Crippen LogP contribution in [0.4, 0.5) is 0 Å². The first-order valence-electron chi connectivity index (χ1n) is 13.2. The van der Waals surface area contributed by atoms with Crippen LogP contribution in [0.5, 0.6) is 5.88 Å².